The van der Waals surface area contributed by atoms with Crippen molar-refractivity contribution in [3.8, 4) is 0 Å². The molecule has 1 unspecified atom stereocenters. The average molecular weight is 237 g/mol. The highest BCUT2D eigenvalue weighted by Crippen LogP contribution is 2.52. The highest BCUT2D eigenvalue weighted by Gasteiger charge is 2.56. The molecule has 1 spiro atoms. The molecular formula is C11H9BrO. The summed E-state index contributed by atoms with van der Waals surface area (Å²) >= 11 is 3.45. The van der Waals surface area contributed by atoms with E-state index in [1.165, 1.54) is 11.1 Å². The second-order valence-corrected chi connectivity index (χ2v) is 5.06. The molecule has 0 aromatic heterocycles. The first-order valence-corrected chi connectivity index (χ1v) is 5.30. The molecule has 2 heteroatoms. The van der Waals surface area contributed by atoms with E-state index in [4.69, 9.17) is 0 Å². The maximum Gasteiger partial charge on any atom is 0.141 e. The maximum atomic E-state index is 11.3. The lowest BCUT2D eigenvalue weighted by molar-refractivity contribution is -0.112. The zero-order valence-corrected chi connectivity index (χ0v) is 8.73. The number of Topliss-reactive ketones (excluding diaryl/α,β-unsaturated/α-hetero) is 1. The lowest BCUT2D eigenvalue weighted by Gasteiger charge is -1.97. The second kappa shape index (κ2) is 2.24. The number of benzene rings is 1. The Kier molecular flexibility index (Phi) is 1.33. The minimum atomic E-state index is 0.0448. The zero-order valence-electron chi connectivity index (χ0n) is 7.14. The summed E-state index contributed by atoms with van der Waals surface area (Å²) in [5, 5.41) is 0. The van der Waals surface area contributed by atoms with Crippen LogP contribution in [-0.2, 0) is 17.6 Å². The summed E-state index contributed by atoms with van der Waals surface area (Å²) < 4.78 is 1.12. The van der Waals surface area contributed by atoms with Crippen LogP contribution in [0.1, 0.15) is 17.5 Å². The van der Waals surface area contributed by atoms with Crippen LogP contribution in [0.15, 0.2) is 22.7 Å². The van der Waals surface area contributed by atoms with Crippen LogP contribution in [0.4, 0.5) is 0 Å². The minimum Gasteiger partial charge on any atom is -0.299 e. The fourth-order valence-electron chi connectivity index (χ4n) is 2.31. The Morgan fingerprint density at radius 3 is 2.54 bits per heavy atom. The lowest BCUT2D eigenvalue weighted by atomic mass is 10.0. The molecule has 1 fully saturated rings. The van der Waals surface area contributed by atoms with Gasteiger partial charge >= 0.3 is 0 Å². The summed E-state index contributed by atoms with van der Waals surface area (Å²) in [6.45, 7) is 0. The van der Waals surface area contributed by atoms with Crippen molar-refractivity contribution < 1.29 is 4.79 Å². The standard InChI is InChI=1S/C11H9BrO/c12-9-2-1-7-4-11(6-10(11)13)5-8(7)3-9/h1-3H,4-6H2. The van der Waals surface area contributed by atoms with Gasteiger partial charge < -0.3 is 0 Å². The van der Waals surface area contributed by atoms with Gasteiger partial charge in [0.05, 0.1) is 0 Å². The molecule has 0 heterocycles. The molecule has 13 heavy (non-hydrogen) atoms. The predicted molar refractivity (Wildman–Crippen MR) is 53.6 cm³/mol. The fraction of sp³-hybridized carbons (Fsp3) is 0.364. The number of hydrogen-bond acceptors (Lipinski definition) is 1. The molecule has 0 radical (unpaired) electrons. The quantitative estimate of drug-likeness (QED) is 0.677. The van der Waals surface area contributed by atoms with Crippen molar-refractivity contribution in [3.63, 3.8) is 0 Å². The van der Waals surface area contributed by atoms with Gasteiger partial charge in [-0.3, -0.25) is 4.79 Å². The molecular weight excluding hydrogens is 228 g/mol. The molecule has 0 saturated heterocycles. The average Bonchev–Trinajstić information content (AvgIpc) is 2.57. The summed E-state index contributed by atoms with van der Waals surface area (Å²) in [6, 6.07) is 6.35. The van der Waals surface area contributed by atoms with E-state index in [2.05, 4.69) is 34.1 Å². The largest absolute Gasteiger partial charge is 0.299 e. The van der Waals surface area contributed by atoms with Crippen LogP contribution in [0.2, 0.25) is 0 Å². The number of carbonyl (C=O) groups excluding carboxylic acids is 1. The molecule has 1 aromatic carbocycles. The molecule has 1 atom stereocenters. The predicted octanol–water partition coefficient (Wildman–Crippen LogP) is 2.51. The fourth-order valence-corrected chi connectivity index (χ4v) is 2.72. The van der Waals surface area contributed by atoms with E-state index < -0.39 is 0 Å². The Hall–Kier alpha value is -0.630. The summed E-state index contributed by atoms with van der Waals surface area (Å²) in [5.74, 6) is 0.458. The van der Waals surface area contributed by atoms with Crippen LogP contribution >= 0.6 is 15.9 Å². The molecule has 2 aliphatic rings. The van der Waals surface area contributed by atoms with Crippen LogP contribution in [0, 0.1) is 5.41 Å². The normalized spacial score (nSPS) is 29.5. The molecule has 3 rings (SSSR count). The van der Waals surface area contributed by atoms with E-state index in [9.17, 15) is 4.79 Å². The van der Waals surface area contributed by atoms with E-state index in [1.54, 1.807) is 0 Å². The first-order valence-electron chi connectivity index (χ1n) is 4.50. The van der Waals surface area contributed by atoms with Crippen molar-refractivity contribution in [3.05, 3.63) is 33.8 Å². The number of rotatable bonds is 0. The smallest absolute Gasteiger partial charge is 0.141 e. The SMILES string of the molecule is O=C1CC12Cc1ccc(Br)cc1C2. The van der Waals surface area contributed by atoms with Gasteiger partial charge in [0.1, 0.15) is 5.78 Å². The van der Waals surface area contributed by atoms with Crippen molar-refractivity contribution in [1.29, 1.82) is 0 Å². The number of carbonyl (C=O) groups is 1. The first-order chi connectivity index (χ1) is 6.20. The van der Waals surface area contributed by atoms with Crippen molar-refractivity contribution in [2.75, 3.05) is 0 Å². The number of hydrogen-bond donors (Lipinski definition) is 0. The van der Waals surface area contributed by atoms with Crippen molar-refractivity contribution in [1.82, 2.24) is 0 Å². The second-order valence-electron chi connectivity index (χ2n) is 4.15. The summed E-state index contributed by atoms with van der Waals surface area (Å²) in [6.07, 6.45) is 2.76. The number of halogens is 1. The Labute approximate surface area is 85.3 Å². The summed E-state index contributed by atoms with van der Waals surface area (Å²) in [4.78, 5) is 11.3. The molecule has 2 aliphatic carbocycles. The van der Waals surface area contributed by atoms with E-state index in [-0.39, 0.29) is 5.41 Å². The molecule has 0 bridgehead atoms. The van der Waals surface area contributed by atoms with Crippen LogP contribution < -0.4 is 0 Å². The molecule has 1 aromatic rings. The van der Waals surface area contributed by atoms with Gasteiger partial charge in [-0.15, -0.1) is 0 Å². The van der Waals surface area contributed by atoms with Crippen LogP contribution in [0.5, 0.6) is 0 Å². The van der Waals surface area contributed by atoms with Gasteiger partial charge in [0.2, 0.25) is 0 Å². The van der Waals surface area contributed by atoms with Crippen LogP contribution in [-0.4, -0.2) is 5.78 Å². The van der Waals surface area contributed by atoms with Gasteiger partial charge in [0, 0.05) is 16.3 Å². The Balaban J connectivity index is 2.05. The van der Waals surface area contributed by atoms with Gasteiger partial charge in [-0.2, -0.15) is 0 Å². The van der Waals surface area contributed by atoms with E-state index in [0.29, 0.717) is 5.78 Å². The third-order valence-corrected chi connectivity index (χ3v) is 3.68. The van der Waals surface area contributed by atoms with Gasteiger partial charge in [-0.1, -0.05) is 22.0 Å². The molecule has 0 N–H and O–H groups in total. The highest BCUT2D eigenvalue weighted by molar-refractivity contribution is 9.10. The van der Waals surface area contributed by atoms with Crippen LogP contribution in [0.3, 0.4) is 0 Å². The van der Waals surface area contributed by atoms with E-state index in [0.717, 1.165) is 23.7 Å². The van der Waals surface area contributed by atoms with Gasteiger partial charge in [0.25, 0.3) is 0 Å². The first kappa shape index (κ1) is 7.74. The number of ketones is 1. The Bertz CT molecular complexity index is 411. The van der Waals surface area contributed by atoms with E-state index in [1.807, 2.05) is 0 Å². The Morgan fingerprint density at radius 2 is 1.85 bits per heavy atom. The van der Waals surface area contributed by atoms with Gasteiger partial charge in [-0.25, -0.2) is 0 Å². The maximum absolute atomic E-state index is 11.3. The molecule has 0 amide bonds. The Morgan fingerprint density at radius 1 is 1.15 bits per heavy atom. The third kappa shape index (κ3) is 1.01. The minimum absolute atomic E-state index is 0.0448. The third-order valence-electron chi connectivity index (χ3n) is 3.19. The van der Waals surface area contributed by atoms with Crippen LogP contribution in [0.25, 0.3) is 0 Å². The monoisotopic (exact) mass is 236 g/mol. The number of fused-ring (bicyclic) bond motifs is 1. The van der Waals surface area contributed by atoms with Crippen molar-refractivity contribution >= 4 is 21.7 Å². The van der Waals surface area contributed by atoms with E-state index >= 15 is 0 Å². The van der Waals surface area contributed by atoms with Gasteiger partial charge in [-0.05, 0) is 36.1 Å². The van der Waals surface area contributed by atoms with Crippen molar-refractivity contribution in [2.45, 2.75) is 19.3 Å². The summed E-state index contributed by atoms with van der Waals surface area (Å²) in [7, 11) is 0. The molecule has 1 nitrogen and oxygen atoms in total. The summed E-state index contributed by atoms with van der Waals surface area (Å²) in [5.41, 5.74) is 2.78. The lowest BCUT2D eigenvalue weighted by Crippen LogP contribution is -2.01. The molecule has 0 aliphatic heterocycles. The van der Waals surface area contributed by atoms with Crippen molar-refractivity contribution in [2.24, 2.45) is 5.41 Å². The highest BCUT2D eigenvalue weighted by atomic mass is 79.9. The molecule has 1 saturated carbocycles. The topological polar surface area (TPSA) is 17.1 Å². The zero-order chi connectivity index (χ0) is 9.05. The van der Waals surface area contributed by atoms with Gasteiger partial charge in [0.15, 0.2) is 0 Å². The molecule has 66 valence electrons.